The van der Waals surface area contributed by atoms with Crippen LogP contribution in [0.1, 0.15) is 33.5 Å². The molecule has 1 aliphatic heterocycles. The maximum Gasteiger partial charge on any atom is 0.191 e. The molecule has 0 unspecified atom stereocenters. The quantitative estimate of drug-likeness (QED) is 0.623. The van der Waals surface area contributed by atoms with E-state index in [2.05, 4.69) is 35.9 Å². The fourth-order valence-electron chi connectivity index (χ4n) is 2.95. The normalized spacial score (nSPS) is 14.0. The number of carbonyl (C=O) groups excluding carboxylic acids is 1. The Labute approximate surface area is 125 Å². The van der Waals surface area contributed by atoms with Gasteiger partial charge in [-0.05, 0) is 24.6 Å². The van der Waals surface area contributed by atoms with E-state index in [4.69, 9.17) is 0 Å². The Hall–Kier alpha value is -2.22. The molecular formula is C19H20NO+. The van der Waals surface area contributed by atoms with Crippen LogP contribution < -0.4 is 0 Å². The van der Waals surface area contributed by atoms with Gasteiger partial charge in [-0.1, -0.05) is 42.0 Å². The lowest BCUT2D eigenvalue weighted by atomic mass is 9.92. The van der Waals surface area contributed by atoms with Crippen LogP contribution in [0.5, 0.6) is 0 Å². The van der Waals surface area contributed by atoms with Gasteiger partial charge in [0.05, 0.1) is 6.42 Å². The van der Waals surface area contributed by atoms with Gasteiger partial charge in [-0.15, -0.1) is 0 Å². The number of hydrogen-bond donors (Lipinski definition) is 0. The van der Waals surface area contributed by atoms with Crippen LogP contribution in [0.2, 0.25) is 0 Å². The highest BCUT2D eigenvalue weighted by Gasteiger charge is 2.25. The molecule has 2 heteroatoms. The van der Waals surface area contributed by atoms with Crippen molar-refractivity contribution in [3.05, 3.63) is 70.8 Å². The molecular weight excluding hydrogens is 258 g/mol. The minimum absolute atomic E-state index is 0.192. The Kier molecular flexibility index (Phi) is 3.70. The molecule has 0 N–H and O–H groups in total. The fourth-order valence-corrected chi connectivity index (χ4v) is 2.95. The van der Waals surface area contributed by atoms with E-state index in [0.29, 0.717) is 6.42 Å². The van der Waals surface area contributed by atoms with E-state index in [-0.39, 0.29) is 5.78 Å². The number of carbonyl (C=O) groups is 1. The van der Waals surface area contributed by atoms with Crippen LogP contribution in [0, 0.1) is 6.92 Å². The predicted octanol–water partition coefficient (Wildman–Crippen LogP) is 3.26. The van der Waals surface area contributed by atoms with Crippen molar-refractivity contribution in [3.63, 3.8) is 0 Å². The van der Waals surface area contributed by atoms with E-state index in [9.17, 15) is 4.79 Å². The summed E-state index contributed by atoms with van der Waals surface area (Å²) in [5, 5.41) is 0. The third-order valence-electron chi connectivity index (χ3n) is 4.17. The summed E-state index contributed by atoms with van der Waals surface area (Å²) in [6, 6.07) is 16.3. The molecule has 2 aromatic carbocycles. The average Bonchev–Trinajstić information content (AvgIpc) is 2.50. The van der Waals surface area contributed by atoms with Crippen LogP contribution in [0.15, 0.2) is 48.5 Å². The van der Waals surface area contributed by atoms with Gasteiger partial charge in [-0.2, -0.15) is 0 Å². The largest absolute Gasteiger partial charge is 0.294 e. The van der Waals surface area contributed by atoms with Gasteiger partial charge in [0.1, 0.15) is 13.6 Å². The van der Waals surface area contributed by atoms with E-state index < -0.39 is 0 Å². The monoisotopic (exact) mass is 278 g/mol. The molecule has 0 saturated heterocycles. The highest BCUT2D eigenvalue weighted by Crippen LogP contribution is 2.18. The van der Waals surface area contributed by atoms with E-state index in [1.165, 1.54) is 11.1 Å². The zero-order chi connectivity index (χ0) is 14.8. The fraction of sp³-hybridized carbons (Fsp3) is 0.263. The Morgan fingerprint density at radius 1 is 1.14 bits per heavy atom. The Bertz CT molecular complexity index is 728. The summed E-state index contributed by atoms with van der Waals surface area (Å²) in [5.74, 6) is 0.192. The molecule has 1 aliphatic rings. The van der Waals surface area contributed by atoms with Crippen LogP contribution in [0.3, 0.4) is 0 Å². The third kappa shape index (κ3) is 2.80. The predicted molar refractivity (Wildman–Crippen MR) is 85.4 cm³/mol. The SMILES string of the molecule is Cc1cccc(C(=O)CC2=[N+](C)CCc3ccccc32)c1. The second kappa shape index (κ2) is 5.65. The molecule has 0 amide bonds. The molecule has 0 spiro atoms. The first-order chi connectivity index (χ1) is 10.1. The Morgan fingerprint density at radius 3 is 2.76 bits per heavy atom. The van der Waals surface area contributed by atoms with Crippen LogP contribution in [-0.4, -0.2) is 29.7 Å². The van der Waals surface area contributed by atoms with Crippen molar-refractivity contribution in [1.82, 2.24) is 0 Å². The van der Waals surface area contributed by atoms with E-state index in [0.717, 1.165) is 29.8 Å². The van der Waals surface area contributed by atoms with Gasteiger partial charge in [0.2, 0.25) is 0 Å². The zero-order valence-corrected chi connectivity index (χ0v) is 12.6. The lowest BCUT2D eigenvalue weighted by Crippen LogP contribution is -2.29. The molecule has 0 aliphatic carbocycles. The number of Topliss-reactive ketones (excluding diaryl/α,β-unsaturated/α-hetero) is 1. The number of aryl methyl sites for hydroxylation is 1. The van der Waals surface area contributed by atoms with Gasteiger partial charge in [0, 0.05) is 17.5 Å². The molecule has 0 saturated carbocycles. The molecule has 0 bridgehead atoms. The van der Waals surface area contributed by atoms with E-state index in [1.54, 1.807) is 0 Å². The van der Waals surface area contributed by atoms with Crippen molar-refractivity contribution in [2.24, 2.45) is 0 Å². The van der Waals surface area contributed by atoms with Gasteiger partial charge in [0.25, 0.3) is 0 Å². The number of likely N-dealkylation sites (N-methyl/N-ethyl adjacent to an activating group) is 1. The first-order valence-electron chi connectivity index (χ1n) is 7.40. The summed E-state index contributed by atoms with van der Waals surface area (Å²) in [6.07, 6.45) is 1.52. The van der Waals surface area contributed by atoms with Crippen molar-refractivity contribution >= 4 is 11.5 Å². The van der Waals surface area contributed by atoms with Crippen LogP contribution in [-0.2, 0) is 6.42 Å². The van der Waals surface area contributed by atoms with Gasteiger partial charge in [0.15, 0.2) is 11.5 Å². The number of hydrogen-bond acceptors (Lipinski definition) is 1. The standard InChI is InChI=1S/C19H20NO/c1-14-6-5-8-16(12-14)19(21)13-18-17-9-4-3-7-15(17)10-11-20(18)2/h3-9,12H,10-11,13H2,1-2H3/q+1. The highest BCUT2D eigenvalue weighted by atomic mass is 16.1. The lowest BCUT2D eigenvalue weighted by molar-refractivity contribution is -0.498. The smallest absolute Gasteiger partial charge is 0.191 e. The van der Waals surface area contributed by atoms with Gasteiger partial charge < -0.3 is 0 Å². The number of nitrogens with zero attached hydrogens (tertiary/aromatic N) is 1. The maximum atomic E-state index is 12.6. The molecule has 0 aromatic heterocycles. The maximum absolute atomic E-state index is 12.6. The van der Waals surface area contributed by atoms with E-state index >= 15 is 0 Å². The summed E-state index contributed by atoms with van der Waals surface area (Å²) < 4.78 is 2.22. The first-order valence-corrected chi connectivity index (χ1v) is 7.40. The van der Waals surface area contributed by atoms with Gasteiger partial charge in [-0.3, -0.25) is 4.79 Å². The molecule has 0 atom stereocenters. The topological polar surface area (TPSA) is 20.1 Å². The molecule has 2 aromatic rings. The zero-order valence-electron chi connectivity index (χ0n) is 12.6. The molecule has 1 heterocycles. The van der Waals surface area contributed by atoms with Gasteiger partial charge in [-0.25, -0.2) is 4.58 Å². The molecule has 106 valence electrons. The summed E-state index contributed by atoms with van der Waals surface area (Å²) in [5.41, 5.74) is 5.65. The second-order valence-electron chi connectivity index (χ2n) is 5.74. The summed E-state index contributed by atoms with van der Waals surface area (Å²) >= 11 is 0. The van der Waals surface area contributed by atoms with Crippen molar-refractivity contribution in [2.45, 2.75) is 19.8 Å². The summed E-state index contributed by atoms with van der Waals surface area (Å²) in [7, 11) is 2.08. The number of ketones is 1. The van der Waals surface area contributed by atoms with Crippen molar-refractivity contribution < 1.29 is 9.37 Å². The Morgan fingerprint density at radius 2 is 1.95 bits per heavy atom. The third-order valence-corrected chi connectivity index (χ3v) is 4.17. The second-order valence-corrected chi connectivity index (χ2v) is 5.74. The molecule has 0 fully saturated rings. The average molecular weight is 278 g/mol. The lowest BCUT2D eigenvalue weighted by Gasteiger charge is -2.16. The molecule has 2 nitrogen and oxygen atoms in total. The van der Waals surface area contributed by atoms with Gasteiger partial charge >= 0.3 is 0 Å². The first kappa shape index (κ1) is 13.7. The van der Waals surface area contributed by atoms with Crippen molar-refractivity contribution in [3.8, 4) is 0 Å². The van der Waals surface area contributed by atoms with E-state index in [1.807, 2.05) is 31.2 Å². The van der Waals surface area contributed by atoms with Crippen molar-refractivity contribution in [2.75, 3.05) is 13.6 Å². The van der Waals surface area contributed by atoms with Crippen LogP contribution >= 0.6 is 0 Å². The minimum Gasteiger partial charge on any atom is -0.294 e. The molecule has 0 radical (unpaired) electrons. The minimum atomic E-state index is 0.192. The number of rotatable bonds is 3. The van der Waals surface area contributed by atoms with Crippen molar-refractivity contribution in [1.29, 1.82) is 0 Å². The molecule has 21 heavy (non-hydrogen) atoms. The highest BCUT2D eigenvalue weighted by molar-refractivity contribution is 6.14. The number of fused-ring (bicyclic) bond motifs is 1. The number of benzene rings is 2. The summed E-state index contributed by atoms with van der Waals surface area (Å²) in [6.45, 7) is 3.00. The molecule has 3 rings (SSSR count). The van der Waals surface area contributed by atoms with Crippen LogP contribution in [0.25, 0.3) is 0 Å². The summed E-state index contributed by atoms with van der Waals surface area (Å²) in [4.78, 5) is 12.6. The van der Waals surface area contributed by atoms with Crippen LogP contribution in [0.4, 0.5) is 0 Å². The Balaban J connectivity index is 1.92.